The van der Waals surface area contributed by atoms with Crippen LogP contribution in [0, 0.1) is 40.4 Å². The zero-order chi connectivity index (χ0) is 15.8. The summed E-state index contributed by atoms with van der Waals surface area (Å²) in [6.45, 7) is 0.223. The Bertz CT molecular complexity index is 781. The van der Waals surface area contributed by atoms with Crippen LogP contribution in [0.4, 0.5) is 0 Å². The Morgan fingerprint density at radius 2 is 1.70 bits per heavy atom. The molecule has 0 radical (unpaired) electrons. The number of amides is 2. The van der Waals surface area contributed by atoms with Crippen molar-refractivity contribution < 1.29 is 9.59 Å². The molecule has 1 aliphatic heterocycles. The summed E-state index contributed by atoms with van der Waals surface area (Å²) in [5, 5.41) is 9.21. The number of imide groups is 1. The zero-order valence-corrected chi connectivity index (χ0v) is 12.6. The lowest BCUT2D eigenvalue weighted by Gasteiger charge is -2.22. The Hall–Kier alpha value is -2.41. The summed E-state index contributed by atoms with van der Waals surface area (Å²) in [6.07, 6.45) is 6.66. The number of hydrogen-bond donors (Lipinski definition) is 0. The lowest BCUT2D eigenvalue weighted by molar-refractivity contribution is -0.141. The van der Waals surface area contributed by atoms with Gasteiger partial charge in [-0.15, -0.1) is 0 Å². The lowest BCUT2D eigenvalue weighted by Crippen LogP contribution is -2.34. The molecule has 1 aromatic carbocycles. The first-order valence-corrected chi connectivity index (χ1v) is 8.19. The first kappa shape index (κ1) is 13.1. The summed E-state index contributed by atoms with van der Waals surface area (Å²) in [6, 6.07) is 9.33. The Balaban J connectivity index is 1.48. The summed E-state index contributed by atoms with van der Waals surface area (Å²) in [7, 11) is 0. The molecule has 4 nitrogen and oxygen atoms in total. The SMILES string of the molecule is N#Cc1ccccc1CN1C(=O)[C@@H]2[C@H](C1=O)[C@@H]1C=C[C@@H]2C12CC2. The van der Waals surface area contributed by atoms with E-state index in [4.69, 9.17) is 0 Å². The second-order valence-corrected chi connectivity index (χ2v) is 7.25. The van der Waals surface area contributed by atoms with Crippen LogP contribution in [0.25, 0.3) is 0 Å². The molecule has 23 heavy (non-hydrogen) atoms. The van der Waals surface area contributed by atoms with Gasteiger partial charge in [-0.1, -0.05) is 30.4 Å². The second kappa shape index (κ2) is 4.11. The molecule has 1 aromatic rings. The number of benzene rings is 1. The average molecular weight is 304 g/mol. The minimum absolute atomic E-state index is 0.0316. The number of likely N-dealkylation sites (tertiary alicyclic amines) is 1. The van der Waals surface area contributed by atoms with Crippen molar-refractivity contribution in [2.24, 2.45) is 29.1 Å². The summed E-state index contributed by atoms with van der Waals surface area (Å²) in [5.74, 6) is 0.130. The molecule has 2 bridgehead atoms. The van der Waals surface area contributed by atoms with Crippen molar-refractivity contribution in [1.29, 1.82) is 5.26 Å². The predicted molar refractivity (Wildman–Crippen MR) is 81.5 cm³/mol. The molecule has 3 aliphatic carbocycles. The fraction of sp³-hybridized carbons (Fsp3) is 0.421. The summed E-state index contributed by atoms with van der Waals surface area (Å²) in [4.78, 5) is 27.2. The Labute approximate surface area is 134 Å². The van der Waals surface area contributed by atoms with Crippen molar-refractivity contribution in [3.8, 4) is 6.07 Å². The van der Waals surface area contributed by atoms with Crippen LogP contribution >= 0.6 is 0 Å². The van der Waals surface area contributed by atoms with E-state index in [2.05, 4.69) is 18.2 Å². The van der Waals surface area contributed by atoms with E-state index in [1.54, 1.807) is 12.1 Å². The fourth-order valence-corrected chi connectivity index (χ4v) is 5.23. The molecule has 1 heterocycles. The van der Waals surface area contributed by atoms with E-state index in [1.807, 2.05) is 12.1 Å². The molecule has 114 valence electrons. The van der Waals surface area contributed by atoms with Crippen LogP contribution in [-0.4, -0.2) is 16.7 Å². The van der Waals surface area contributed by atoms with E-state index in [0.29, 0.717) is 5.56 Å². The zero-order valence-electron chi connectivity index (χ0n) is 12.6. The molecular formula is C19H16N2O2. The highest BCUT2D eigenvalue weighted by Crippen LogP contribution is 2.73. The van der Waals surface area contributed by atoms with Crippen molar-refractivity contribution in [2.45, 2.75) is 19.4 Å². The van der Waals surface area contributed by atoms with Crippen LogP contribution in [0.5, 0.6) is 0 Å². The maximum absolute atomic E-state index is 12.9. The Morgan fingerprint density at radius 1 is 1.09 bits per heavy atom. The van der Waals surface area contributed by atoms with Gasteiger partial charge in [-0.2, -0.15) is 5.26 Å². The van der Waals surface area contributed by atoms with Gasteiger partial charge in [-0.3, -0.25) is 14.5 Å². The molecule has 4 aliphatic rings. The third-order valence-electron chi connectivity index (χ3n) is 6.41. The highest BCUT2D eigenvalue weighted by Gasteiger charge is 2.73. The monoisotopic (exact) mass is 304 g/mol. The van der Waals surface area contributed by atoms with Crippen LogP contribution in [-0.2, 0) is 16.1 Å². The quantitative estimate of drug-likeness (QED) is 0.622. The van der Waals surface area contributed by atoms with Crippen molar-refractivity contribution in [1.82, 2.24) is 4.90 Å². The molecule has 3 fully saturated rings. The first-order valence-electron chi connectivity index (χ1n) is 8.19. The molecule has 1 saturated heterocycles. The molecule has 1 spiro atoms. The minimum atomic E-state index is -0.158. The predicted octanol–water partition coefficient (Wildman–Crippen LogP) is 2.26. The van der Waals surface area contributed by atoms with E-state index in [1.165, 1.54) is 4.90 Å². The second-order valence-electron chi connectivity index (χ2n) is 7.25. The first-order chi connectivity index (χ1) is 11.2. The Kier molecular flexibility index (Phi) is 2.33. The van der Waals surface area contributed by atoms with Crippen LogP contribution in [0.1, 0.15) is 24.0 Å². The molecule has 0 aromatic heterocycles. The molecule has 0 unspecified atom stereocenters. The van der Waals surface area contributed by atoms with Crippen LogP contribution < -0.4 is 0 Å². The summed E-state index contributed by atoms with van der Waals surface area (Å²) in [5.41, 5.74) is 1.51. The van der Waals surface area contributed by atoms with Crippen molar-refractivity contribution in [2.75, 3.05) is 0 Å². The highest BCUT2D eigenvalue weighted by atomic mass is 16.2. The summed E-state index contributed by atoms with van der Waals surface area (Å²) < 4.78 is 0. The highest BCUT2D eigenvalue weighted by molar-refractivity contribution is 6.06. The van der Waals surface area contributed by atoms with Gasteiger partial charge in [0.1, 0.15) is 0 Å². The molecule has 0 N–H and O–H groups in total. The smallest absolute Gasteiger partial charge is 0.234 e. The summed E-state index contributed by atoms with van der Waals surface area (Å²) >= 11 is 0. The van der Waals surface area contributed by atoms with Crippen LogP contribution in [0.2, 0.25) is 0 Å². The van der Waals surface area contributed by atoms with Gasteiger partial charge in [0, 0.05) is 0 Å². The standard InChI is InChI=1S/C19H16N2O2/c20-9-11-3-1-2-4-12(11)10-21-17(22)15-13-5-6-14(16(15)18(21)23)19(13)7-8-19/h1-6,13-16H,7-8,10H2/t13-,14-,15-,16+/m0/s1. The maximum Gasteiger partial charge on any atom is 0.234 e. The number of rotatable bonds is 2. The molecule has 4 atom stereocenters. The van der Waals surface area contributed by atoms with Crippen molar-refractivity contribution in [3.63, 3.8) is 0 Å². The molecule has 2 amide bonds. The molecule has 5 rings (SSSR count). The van der Waals surface area contributed by atoms with E-state index in [-0.39, 0.29) is 47.4 Å². The van der Waals surface area contributed by atoms with Gasteiger partial charge in [0.2, 0.25) is 11.8 Å². The fourth-order valence-electron chi connectivity index (χ4n) is 5.23. The van der Waals surface area contributed by atoms with Gasteiger partial charge in [0.25, 0.3) is 0 Å². The number of carbonyl (C=O) groups is 2. The van der Waals surface area contributed by atoms with Crippen molar-refractivity contribution >= 4 is 11.8 Å². The van der Waals surface area contributed by atoms with E-state index >= 15 is 0 Å². The Morgan fingerprint density at radius 3 is 2.26 bits per heavy atom. The van der Waals surface area contributed by atoms with Gasteiger partial charge in [0.15, 0.2) is 0 Å². The number of fused-ring (bicyclic) bond motifs is 3. The normalized spacial score (nSPS) is 35.0. The minimum Gasteiger partial charge on any atom is -0.278 e. The van der Waals surface area contributed by atoms with Crippen molar-refractivity contribution in [3.05, 3.63) is 47.5 Å². The van der Waals surface area contributed by atoms with Gasteiger partial charge < -0.3 is 0 Å². The number of allylic oxidation sites excluding steroid dienone is 2. The van der Waals surface area contributed by atoms with E-state index < -0.39 is 0 Å². The largest absolute Gasteiger partial charge is 0.278 e. The number of nitrogens with zero attached hydrogens (tertiary/aromatic N) is 2. The molecule has 2 saturated carbocycles. The van der Waals surface area contributed by atoms with Gasteiger partial charge in [0.05, 0.1) is 30.0 Å². The number of carbonyl (C=O) groups excluding carboxylic acids is 2. The maximum atomic E-state index is 12.9. The third kappa shape index (κ3) is 1.45. The van der Waals surface area contributed by atoms with Gasteiger partial charge in [-0.25, -0.2) is 0 Å². The van der Waals surface area contributed by atoms with Gasteiger partial charge in [-0.05, 0) is 41.7 Å². The van der Waals surface area contributed by atoms with E-state index in [0.717, 1.165) is 18.4 Å². The number of nitriles is 1. The van der Waals surface area contributed by atoms with Gasteiger partial charge >= 0.3 is 0 Å². The topological polar surface area (TPSA) is 61.2 Å². The van der Waals surface area contributed by atoms with Crippen LogP contribution in [0.15, 0.2) is 36.4 Å². The average Bonchev–Trinajstić information content (AvgIpc) is 3.18. The molecule has 4 heteroatoms. The van der Waals surface area contributed by atoms with E-state index in [9.17, 15) is 14.9 Å². The lowest BCUT2D eigenvalue weighted by atomic mass is 9.85. The number of hydrogen-bond acceptors (Lipinski definition) is 3. The third-order valence-corrected chi connectivity index (χ3v) is 6.41. The molecular weight excluding hydrogens is 288 g/mol. The van der Waals surface area contributed by atoms with Crippen LogP contribution in [0.3, 0.4) is 0 Å².